The Morgan fingerprint density at radius 3 is 2.62 bits per heavy atom. The van der Waals surface area contributed by atoms with Crippen LogP contribution in [0.2, 0.25) is 10.0 Å². The first-order valence-corrected chi connectivity index (χ1v) is 11.8. The van der Waals surface area contributed by atoms with E-state index in [0.717, 1.165) is 17.9 Å². The number of hydrogen-bond acceptors (Lipinski definition) is 4. The SMILES string of the molecule is CCO[C@H]1Cc2ccccc2C1Nc1c(CC)nc(-c2ccc(Cl)cc2Cl)c(=O)n1CC. The normalized spacial score (nSPS) is 17.4. The summed E-state index contributed by atoms with van der Waals surface area (Å²) in [4.78, 5) is 18.3. The van der Waals surface area contributed by atoms with Gasteiger partial charge in [-0.3, -0.25) is 9.36 Å². The number of benzene rings is 2. The maximum absolute atomic E-state index is 13.5. The molecule has 0 spiro atoms. The van der Waals surface area contributed by atoms with Crippen LogP contribution in [-0.2, 0) is 24.1 Å². The molecular formula is C25H27Cl2N3O2. The Balaban J connectivity index is 1.83. The maximum atomic E-state index is 13.5. The molecule has 0 radical (unpaired) electrons. The van der Waals surface area contributed by atoms with Crippen molar-refractivity contribution in [3.8, 4) is 11.3 Å². The van der Waals surface area contributed by atoms with Crippen LogP contribution in [0.5, 0.6) is 0 Å². The molecule has 5 nitrogen and oxygen atoms in total. The molecule has 0 fully saturated rings. The highest BCUT2D eigenvalue weighted by Gasteiger charge is 2.34. The summed E-state index contributed by atoms with van der Waals surface area (Å²) in [7, 11) is 0. The highest BCUT2D eigenvalue weighted by Crippen LogP contribution is 2.37. The van der Waals surface area contributed by atoms with Crippen LogP contribution in [0.1, 0.15) is 43.6 Å². The Morgan fingerprint density at radius 2 is 1.94 bits per heavy atom. The third-order valence-corrected chi connectivity index (χ3v) is 6.48. The molecule has 1 heterocycles. The fourth-order valence-corrected chi connectivity index (χ4v) is 4.93. The van der Waals surface area contributed by atoms with Crippen molar-refractivity contribution < 1.29 is 4.74 Å². The molecule has 2 aromatic carbocycles. The molecule has 1 N–H and O–H groups in total. The van der Waals surface area contributed by atoms with Gasteiger partial charge in [-0.25, -0.2) is 4.98 Å². The molecule has 3 aromatic rings. The minimum Gasteiger partial charge on any atom is -0.376 e. The molecule has 1 aliphatic carbocycles. The van der Waals surface area contributed by atoms with Crippen LogP contribution in [0.15, 0.2) is 47.3 Å². The van der Waals surface area contributed by atoms with Crippen molar-refractivity contribution in [2.45, 2.75) is 52.3 Å². The van der Waals surface area contributed by atoms with E-state index >= 15 is 0 Å². The second-order valence-electron chi connectivity index (χ2n) is 7.80. The van der Waals surface area contributed by atoms with Gasteiger partial charge in [-0.1, -0.05) is 54.4 Å². The van der Waals surface area contributed by atoms with Crippen molar-refractivity contribution in [2.75, 3.05) is 11.9 Å². The Bertz CT molecular complexity index is 1190. The molecule has 0 bridgehead atoms. The smallest absolute Gasteiger partial charge is 0.278 e. The molecule has 0 saturated carbocycles. The fraction of sp³-hybridized carbons (Fsp3) is 0.360. The minimum absolute atomic E-state index is 0.00657. The van der Waals surface area contributed by atoms with Crippen LogP contribution >= 0.6 is 23.2 Å². The van der Waals surface area contributed by atoms with Crippen LogP contribution in [0.25, 0.3) is 11.3 Å². The fourth-order valence-electron chi connectivity index (χ4n) is 4.43. The summed E-state index contributed by atoms with van der Waals surface area (Å²) in [6.07, 6.45) is 1.49. The molecule has 168 valence electrons. The molecule has 0 saturated heterocycles. The molecule has 7 heteroatoms. The molecule has 0 amide bonds. The Kier molecular flexibility index (Phi) is 6.89. The van der Waals surface area contributed by atoms with E-state index in [-0.39, 0.29) is 17.7 Å². The molecule has 1 aromatic heterocycles. The van der Waals surface area contributed by atoms with Gasteiger partial charge in [0.25, 0.3) is 5.56 Å². The third kappa shape index (κ3) is 4.17. The van der Waals surface area contributed by atoms with Crippen molar-refractivity contribution in [1.29, 1.82) is 0 Å². The van der Waals surface area contributed by atoms with E-state index in [2.05, 4.69) is 23.5 Å². The van der Waals surface area contributed by atoms with Crippen LogP contribution in [0.3, 0.4) is 0 Å². The summed E-state index contributed by atoms with van der Waals surface area (Å²) in [6, 6.07) is 13.4. The minimum atomic E-state index is -0.185. The number of ether oxygens (including phenoxy) is 1. The van der Waals surface area contributed by atoms with Crippen LogP contribution in [0, 0.1) is 0 Å². The lowest BCUT2D eigenvalue weighted by molar-refractivity contribution is 0.0572. The highest BCUT2D eigenvalue weighted by molar-refractivity contribution is 6.36. The predicted molar refractivity (Wildman–Crippen MR) is 131 cm³/mol. The average molecular weight is 472 g/mol. The van der Waals surface area contributed by atoms with E-state index in [4.69, 9.17) is 32.9 Å². The standard InChI is InChI=1S/C25H27Cl2N3O2/c1-4-20-24(29-22-17-10-8-7-9-15(17)13-21(22)32-6-3)30(5-2)25(31)23(28-20)18-12-11-16(26)14-19(18)27/h7-12,14,21-22,29H,4-6,13H2,1-3H3/t21-,22?/m0/s1. The molecule has 1 unspecified atom stereocenters. The monoisotopic (exact) mass is 471 g/mol. The summed E-state index contributed by atoms with van der Waals surface area (Å²) in [6.45, 7) is 7.13. The van der Waals surface area contributed by atoms with Gasteiger partial charge in [-0.05, 0) is 49.6 Å². The number of hydrogen-bond donors (Lipinski definition) is 1. The van der Waals surface area contributed by atoms with Crippen LogP contribution in [-0.4, -0.2) is 22.3 Å². The molecule has 32 heavy (non-hydrogen) atoms. The van der Waals surface area contributed by atoms with Gasteiger partial charge in [0, 0.05) is 30.2 Å². The molecule has 1 aliphatic rings. The van der Waals surface area contributed by atoms with Gasteiger partial charge in [0.15, 0.2) is 0 Å². The number of aromatic nitrogens is 2. The topological polar surface area (TPSA) is 56.1 Å². The van der Waals surface area contributed by atoms with E-state index in [1.807, 2.05) is 26.8 Å². The van der Waals surface area contributed by atoms with Gasteiger partial charge in [0.2, 0.25) is 0 Å². The Morgan fingerprint density at radius 1 is 1.16 bits per heavy atom. The zero-order valence-electron chi connectivity index (χ0n) is 18.5. The van der Waals surface area contributed by atoms with E-state index in [9.17, 15) is 4.79 Å². The quantitative estimate of drug-likeness (QED) is 0.464. The van der Waals surface area contributed by atoms with Crippen molar-refractivity contribution >= 4 is 29.0 Å². The third-order valence-electron chi connectivity index (χ3n) is 5.93. The molecule has 4 rings (SSSR count). The number of anilines is 1. The summed E-state index contributed by atoms with van der Waals surface area (Å²) in [5.74, 6) is 0.736. The first kappa shape index (κ1) is 22.8. The van der Waals surface area contributed by atoms with Crippen molar-refractivity contribution in [1.82, 2.24) is 9.55 Å². The van der Waals surface area contributed by atoms with Gasteiger partial charge in [-0.2, -0.15) is 0 Å². The Labute approximate surface area is 198 Å². The summed E-state index contributed by atoms with van der Waals surface area (Å²) in [5, 5.41) is 4.57. The highest BCUT2D eigenvalue weighted by atomic mass is 35.5. The molecule has 0 aliphatic heterocycles. The van der Waals surface area contributed by atoms with Crippen LogP contribution in [0.4, 0.5) is 5.82 Å². The first-order chi connectivity index (χ1) is 15.5. The summed E-state index contributed by atoms with van der Waals surface area (Å²) >= 11 is 12.5. The van der Waals surface area contributed by atoms with E-state index in [1.54, 1.807) is 22.8 Å². The van der Waals surface area contributed by atoms with Crippen molar-refractivity contribution in [3.63, 3.8) is 0 Å². The van der Waals surface area contributed by atoms with Gasteiger partial charge < -0.3 is 10.1 Å². The zero-order valence-corrected chi connectivity index (χ0v) is 20.0. The summed E-state index contributed by atoms with van der Waals surface area (Å²) in [5.41, 5.74) is 4.02. The Hall–Kier alpha value is -2.34. The van der Waals surface area contributed by atoms with E-state index in [1.165, 1.54) is 11.1 Å². The number of nitrogens with one attached hydrogen (secondary N) is 1. The lowest BCUT2D eigenvalue weighted by atomic mass is 10.1. The number of fused-ring (bicyclic) bond motifs is 1. The maximum Gasteiger partial charge on any atom is 0.278 e. The largest absolute Gasteiger partial charge is 0.376 e. The van der Waals surface area contributed by atoms with E-state index in [0.29, 0.717) is 40.9 Å². The van der Waals surface area contributed by atoms with Gasteiger partial charge >= 0.3 is 0 Å². The molecule has 2 atom stereocenters. The lowest BCUT2D eigenvalue weighted by Gasteiger charge is -2.26. The van der Waals surface area contributed by atoms with Gasteiger partial charge in [0.05, 0.1) is 22.9 Å². The van der Waals surface area contributed by atoms with Crippen molar-refractivity contribution in [3.05, 3.63) is 79.7 Å². The summed E-state index contributed by atoms with van der Waals surface area (Å²) < 4.78 is 7.81. The second kappa shape index (κ2) is 9.65. The van der Waals surface area contributed by atoms with Crippen LogP contribution < -0.4 is 10.9 Å². The average Bonchev–Trinajstić information content (AvgIpc) is 3.12. The lowest BCUT2D eigenvalue weighted by Crippen LogP contribution is -2.32. The second-order valence-corrected chi connectivity index (χ2v) is 8.65. The number of nitrogens with zero attached hydrogens (tertiary/aromatic N) is 2. The van der Waals surface area contributed by atoms with Crippen molar-refractivity contribution in [2.24, 2.45) is 0 Å². The number of rotatable bonds is 7. The first-order valence-electron chi connectivity index (χ1n) is 11.0. The zero-order chi connectivity index (χ0) is 22.8. The number of aryl methyl sites for hydroxylation is 1. The van der Waals surface area contributed by atoms with Gasteiger partial charge in [-0.15, -0.1) is 0 Å². The predicted octanol–water partition coefficient (Wildman–Crippen LogP) is 5.91. The van der Waals surface area contributed by atoms with E-state index < -0.39 is 0 Å². The van der Waals surface area contributed by atoms with Gasteiger partial charge in [0.1, 0.15) is 11.5 Å². The molecular weight excluding hydrogens is 445 g/mol. The number of halogens is 2.